The molecule has 1 spiro atoms. The van der Waals surface area contributed by atoms with E-state index in [1.54, 1.807) is 0 Å². The van der Waals surface area contributed by atoms with Crippen LogP contribution in [0.15, 0.2) is 16.5 Å². The van der Waals surface area contributed by atoms with Gasteiger partial charge in [0.25, 0.3) is 5.89 Å². The monoisotopic (exact) mass is 411 g/mol. The third kappa shape index (κ3) is 3.47. The Labute approximate surface area is 175 Å². The van der Waals surface area contributed by atoms with Crippen LogP contribution in [-0.2, 0) is 4.79 Å². The number of benzene rings is 1. The molecule has 9 heteroatoms. The fourth-order valence-corrected chi connectivity index (χ4v) is 4.51. The van der Waals surface area contributed by atoms with Crippen molar-refractivity contribution in [1.29, 1.82) is 0 Å². The fraction of sp³-hybridized carbons (Fsp3) is 0.571. The van der Waals surface area contributed by atoms with E-state index >= 15 is 0 Å². The maximum absolute atomic E-state index is 12.8. The number of hydrogen-bond donors (Lipinski definition) is 4. The number of aromatic nitrogens is 2. The molecule has 1 amide bonds. The topological polar surface area (TPSA) is 135 Å². The number of anilines is 3. The van der Waals surface area contributed by atoms with Gasteiger partial charge >= 0.3 is 6.01 Å². The first-order valence-corrected chi connectivity index (χ1v) is 10.8. The standard InChI is InChI=1S/C21H29N7O2/c1-12(19(29)28-10-8-21(6-7-21)9-11-28)24-20-27-26-18(30-20)15-5-4-14(13-2-3-13)16(22)17(15)25-23/h4-5,12-13,25H,2-3,6-11,22-23H2,1H3,(H,24,27). The number of nitrogens with two attached hydrogens (primary N) is 2. The van der Waals surface area contributed by atoms with Gasteiger partial charge < -0.3 is 25.8 Å². The van der Waals surface area contributed by atoms with Crippen LogP contribution in [-0.4, -0.2) is 40.1 Å². The maximum Gasteiger partial charge on any atom is 0.316 e. The molecule has 160 valence electrons. The van der Waals surface area contributed by atoms with Gasteiger partial charge in [0.2, 0.25) is 5.91 Å². The molecule has 30 heavy (non-hydrogen) atoms. The Hall–Kier alpha value is -2.81. The minimum atomic E-state index is -0.444. The minimum absolute atomic E-state index is 0.0626. The molecule has 0 bridgehead atoms. The lowest BCUT2D eigenvalue weighted by Gasteiger charge is -2.33. The van der Waals surface area contributed by atoms with Crippen LogP contribution in [0, 0.1) is 5.41 Å². The molecule has 3 aliphatic rings. The van der Waals surface area contributed by atoms with Crippen LogP contribution in [0.4, 0.5) is 17.4 Å². The van der Waals surface area contributed by atoms with Crippen molar-refractivity contribution >= 4 is 23.3 Å². The van der Waals surface area contributed by atoms with Crippen molar-refractivity contribution in [1.82, 2.24) is 15.1 Å². The third-order valence-electron chi connectivity index (χ3n) is 6.90. The number of nitrogens with zero attached hydrogens (tertiary/aromatic N) is 3. The molecule has 5 rings (SSSR count). The summed E-state index contributed by atoms with van der Waals surface area (Å²) in [4.78, 5) is 14.7. The van der Waals surface area contributed by atoms with E-state index in [0.717, 1.165) is 44.3 Å². The Morgan fingerprint density at radius 3 is 2.60 bits per heavy atom. The first kappa shape index (κ1) is 19.2. The predicted molar refractivity (Wildman–Crippen MR) is 114 cm³/mol. The number of nitrogens with one attached hydrogen (secondary N) is 2. The molecule has 2 aromatic rings. The van der Waals surface area contributed by atoms with Crippen molar-refractivity contribution in [3.05, 3.63) is 17.7 Å². The molecule has 9 nitrogen and oxygen atoms in total. The highest BCUT2D eigenvalue weighted by molar-refractivity contribution is 5.86. The number of carbonyl (C=O) groups is 1. The zero-order valence-corrected chi connectivity index (χ0v) is 17.3. The molecule has 1 aromatic heterocycles. The van der Waals surface area contributed by atoms with Gasteiger partial charge in [-0.3, -0.25) is 10.6 Å². The van der Waals surface area contributed by atoms with E-state index in [1.165, 1.54) is 12.8 Å². The molecule has 1 aliphatic heterocycles. The van der Waals surface area contributed by atoms with E-state index < -0.39 is 6.04 Å². The van der Waals surface area contributed by atoms with Gasteiger partial charge in [0.05, 0.1) is 16.9 Å². The van der Waals surface area contributed by atoms with Crippen molar-refractivity contribution in [3.63, 3.8) is 0 Å². The zero-order valence-electron chi connectivity index (χ0n) is 17.3. The summed E-state index contributed by atoms with van der Waals surface area (Å²) in [6.45, 7) is 3.49. The van der Waals surface area contributed by atoms with E-state index in [0.29, 0.717) is 34.2 Å². The largest absolute Gasteiger partial charge is 0.403 e. The Morgan fingerprint density at radius 1 is 1.23 bits per heavy atom. The molecule has 1 atom stereocenters. The Balaban J connectivity index is 1.27. The number of hydrogen-bond acceptors (Lipinski definition) is 8. The van der Waals surface area contributed by atoms with Crippen LogP contribution >= 0.6 is 0 Å². The summed E-state index contributed by atoms with van der Waals surface area (Å²) in [5, 5.41) is 11.2. The van der Waals surface area contributed by atoms with Gasteiger partial charge in [0.15, 0.2) is 0 Å². The number of amides is 1. The van der Waals surface area contributed by atoms with Crippen molar-refractivity contribution in [2.45, 2.75) is 57.4 Å². The van der Waals surface area contributed by atoms with Gasteiger partial charge in [-0.05, 0) is 68.4 Å². The highest BCUT2D eigenvalue weighted by Crippen LogP contribution is 2.53. The lowest BCUT2D eigenvalue weighted by Crippen LogP contribution is -2.45. The minimum Gasteiger partial charge on any atom is -0.403 e. The van der Waals surface area contributed by atoms with Crippen LogP contribution in [0.25, 0.3) is 11.5 Å². The molecule has 6 N–H and O–H groups in total. The van der Waals surface area contributed by atoms with Crippen LogP contribution in [0.5, 0.6) is 0 Å². The van der Waals surface area contributed by atoms with Gasteiger partial charge in [-0.1, -0.05) is 11.2 Å². The molecular weight excluding hydrogens is 382 g/mol. The number of likely N-dealkylation sites (tertiary alicyclic amines) is 1. The van der Waals surface area contributed by atoms with Crippen molar-refractivity contribution in [2.24, 2.45) is 11.3 Å². The van der Waals surface area contributed by atoms with Crippen molar-refractivity contribution in [2.75, 3.05) is 29.6 Å². The van der Waals surface area contributed by atoms with Crippen molar-refractivity contribution < 1.29 is 9.21 Å². The zero-order chi connectivity index (χ0) is 20.9. The van der Waals surface area contributed by atoms with Crippen LogP contribution in [0.3, 0.4) is 0 Å². The number of piperidine rings is 1. The highest BCUT2D eigenvalue weighted by Gasteiger charge is 2.45. The molecule has 0 radical (unpaired) electrons. The first-order chi connectivity index (χ1) is 14.5. The maximum atomic E-state index is 12.8. The van der Waals surface area contributed by atoms with Gasteiger partial charge in [-0.25, -0.2) is 0 Å². The summed E-state index contributed by atoms with van der Waals surface area (Å²) < 4.78 is 5.78. The SMILES string of the molecule is CC(Nc1nnc(-c2ccc(C3CC3)c(N)c2NN)o1)C(=O)N1CCC2(CC1)CC2. The number of rotatable bonds is 6. The Kier molecular flexibility index (Phi) is 4.57. The molecule has 3 fully saturated rings. The van der Waals surface area contributed by atoms with Gasteiger partial charge in [0.1, 0.15) is 6.04 Å². The summed E-state index contributed by atoms with van der Waals surface area (Å²) in [6, 6.07) is 3.65. The molecular formula is C21H29N7O2. The lowest BCUT2D eigenvalue weighted by atomic mass is 9.93. The summed E-state index contributed by atoms with van der Waals surface area (Å²) >= 11 is 0. The van der Waals surface area contributed by atoms with Crippen molar-refractivity contribution in [3.8, 4) is 11.5 Å². The average molecular weight is 412 g/mol. The van der Waals surface area contributed by atoms with Crippen LogP contribution in [0.2, 0.25) is 0 Å². The molecule has 2 saturated carbocycles. The second-order valence-corrected chi connectivity index (χ2v) is 9.01. The van der Waals surface area contributed by atoms with Gasteiger partial charge in [-0.2, -0.15) is 0 Å². The number of carbonyl (C=O) groups excluding carboxylic acids is 1. The van der Waals surface area contributed by atoms with E-state index in [1.807, 2.05) is 24.0 Å². The number of nitrogen functional groups attached to an aromatic ring is 2. The Morgan fingerprint density at radius 2 is 1.97 bits per heavy atom. The summed E-state index contributed by atoms with van der Waals surface area (Å²) in [7, 11) is 0. The summed E-state index contributed by atoms with van der Waals surface area (Å²) in [5.74, 6) is 6.59. The van der Waals surface area contributed by atoms with E-state index in [-0.39, 0.29) is 11.9 Å². The van der Waals surface area contributed by atoms with Crippen LogP contribution < -0.4 is 22.3 Å². The number of hydrazine groups is 1. The molecule has 1 unspecified atom stereocenters. The van der Waals surface area contributed by atoms with E-state index in [4.69, 9.17) is 16.0 Å². The third-order valence-corrected chi connectivity index (χ3v) is 6.90. The molecule has 1 aromatic carbocycles. The second kappa shape index (κ2) is 7.16. The average Bonchev–Trinajstić information content (AvgIpc) is 3.68. The fourth-order valence-electron chi connectivity index (χ4n) is 4.51. The normalized spacial score (nSPS) is 20.8. The quantitative estimate of drug-likeness (QED) is 0.324. The van der Waals surface area contributed by atoms with E-state index in [2.05, 4.69) is 20.9 Å². The van der Waals surface area contributed by atoms with Gasteiger partial charge in [0, 0.05) is 13.1 Å². The first-order valence-electron chi connectivity index (χ1n) is 10.8. The van der Waals surface area contributed by atoms with Gasteiger partial charge in [-0.15, -0.1) is 5.10 Å². The predicted octanol–water partition coefficient (Wildman–Crippen LogP) is 2.68. The second-order valence-electron chi connectivity index (χ2n) is 9.01. The van der Waals surface area contributed by atoms with E-state index in [9.17, 15) is 4.79 Å². The van der Waals surface area contributed by atoms with Crippen LogP contribution in [0.1, 0.15) is 56.9 Å². The lowest BCUT2D eigenvalue weighted by molar-refractivity contribution is -0.133. The molecule has 1 saturated heterocycles. The summed E-state index contributed by atoms with van der Waals surface area (Å²) in [6.07, 6.45) is 7.16. The molecule has 2 aliphatic carbocycles. The molecule has 2 heterocycles. The summed E-state index contributed by atoms with van der Waals surface area (Å²) in [5.41, 5.74) is 12.5. The smallest absolute Gasteiger partial charge is 0.316 e. The highest BCUT2D eigenvalue weighted by atomic mass is 16.4. The Bertz CT molecular complexity index is 954.